The Morgan fingerprint density at radius 1 is 1.45 bits per heavy atom. The Labute approximate surface area is 119 Å². The minimum absolute atomic E-state index is 0.0881. The number of nitrogens with two attached hydrogens (primary N) is 1. The Balaban J connectivity index is 2.21. The van der Waals surface area contributed by atoms with Crippen LogP contribution in [0.2, 0.25) is 0 Å². The molecule has 1 amide bonds. The summed E-state index contributed by atoms with van der Waals surface area (Å²) in [6.45, 7) is 5.00. The maximum absolute atomic E-state index is 12.6. The minimum atomic E-state index is -0.679. The van der Waals surface area contributed by atoms with Crippen LogP contribution in [-0.4, -0.2) is 44.4 Å². The molecule has 1 unspecified atom stereocenters. The lowest BCUT2D eigenvalue weighted by Crippen LogP contribution is -2.35. The second-order valence-corrected chi connectivity index (χ2v) is 5.83. The van der Waals surface area contributed by atoms with Crippen molar-refractivity contribution in [2.45, 2.75) is 45.1 Å². The third kappa shape index (κ3) is 2.80. The summed E-state index contributed by atoms with van der Waals surface area (Å²) in [5, 5.41) is 14.4. The number of nitrogen functional groups attached to an aromatic ring is 1. The van der Waals surface area contributed by atoms with Crippen LogP contribution in [0.4, 0.5) is 5.69 Å². The SMILES string of the molecule is CCc1nn(C)c(C(=O)N2CCCC(C)(O)CC2)c1N. The first kappa shape index (κ1) is 14.8. The Hall–Kier alpha value is -1.56. The fourth-order valence-corrected chi connectivity index (χ4v) is 2.73. The Morgan fingerprint density at radius 2 is 2.15 bits per heavy atom. The van der Waals surface area contributed by atoms with Crippen molar-refractivity contribution >= 4 is 11.6 Å². The van der Waals surface area contributed by atoms with Gasteiger partial charge in [0.2, 0.25) is 0 Å². The van der Waals surface area contributed by atoms with Crippen LogP contribution in [0.1, 0.15) is 49.3 Å². The summed E-state index contributed by atoms with van der Waals surface area (Å²) in [4.78, 5) is 14.4. The fraction of sp³-hybridized carbons (Fsp3) is 0.714. The van der Waals surface area contributed by atoms with Gasteiger partial charge in [-0.3, -0.25) is 9.48 Å². The summed E-state index contributed by atoms with van der Waals surface area (Å²) in [5.74, 6) is -0.0881. The molecule has 1 fully saturated rings. The van der Waals surface area contributed by atoms with Crippen molar-refractivity contribution < 1.29 is 9.90 Å². The van der Waals surface area contributed by atoms with E-state index >= 15 is 0 Å². The van der Waals surface area contributed by atoms with E-state index in [0.29, 0.717) is 37.3 Å². The molecule has 0 aromatic carbocycles. The van der Waals surface area contributed by atoms with E-state index in [9.17, 15) is 9.90 Å². The molecule has 0 spiro atoms. The highest BCUT2D eigenvalue weighted by molar-refractivity contribution is 5.98. The van der Waals surface area contributed by atoms with Crippen LogP contribution < -0.4 is 5.73 Å². The van der Waals surface area contributed by atoms with Gasteiger partial charge in [0, 0.05) is 20.1 Å². The summed E-state index contributed by atoms with van der Waals surface area (Å²) < 4.78 is 1.57. The number of aryl methyl sites for hydroxylation is 2. The van der Waals surface area contributed by atoms with E-state index in [1.807, 2.05) is 13.8 Å². The zero-order valence-corrected chi connectivity index (χ0v) is 12.5. The number of anilines is 1. The molecule has 1 atom stereocenters. The molecule has 1 aromatic heterocycles. The van der Waals surface area contributed by atoms with Crippen molar-refractivity contribution in [2.75, 3.05) is 18.8 Å². The maximum Gasteiger partial charge on any atom is 0.274 e. The Morgan fingerprint density at radius 3 is 2.75 bits per heavy atom. The zero-order valence-electron chi connectivity index (χ0n) is 12.5. The number of carbonyl (C=O) groups is 1. The zero-order chi connectivity index (χ0) is 14.9. The first-order chi connectivity index (χ1) is 9.35. The average molecular weight is 280 g/mol. The predicted molar refractivity (Wildman–Crippen MR) is 77.4 cm³/mol. The number of amides is 1. The standard InChI is InChI=1S/C14H24N4O2/c1-4-10-11(15)12(17(3)16-10)13(19)18-8-5-6-14(2,20)7-9-18/h20H,4-9,15H2,1-3H3. The van der Waals surface area contributed by atoms with E-state index in [1.54, 1.807) is 16.6 Å². The third-order valence-electron chi connectivity index (χ3n) is 4.05. The molecular formula is C14H24N4O2. The van der Waals surface area contributed by atoms with Crippen LogP contribution in [0.5, 0.6) is 0 Å². The van der Waals surface area contributed by atoms with E-state index in [0.717, 1.165) is 18.5 Å². The van der Waals surface area contributed by atoms with Gasteiger partial charge in [-0.25, -0.2) is 0 Å². The van der Waals surface area contributed by atoms with Crippen LogP contribution in [0.3, 0.4) is 0 Å². The van der Waals surface area contributed by atoms with Crippen LogP contribution in [0.25, 0.3) is 0 Å². The van der Waals surface area contributed by atoms with Gasteiger partial charge in [-0.15, -0.1) is 0 Å². The van der Waals surface area contributed by atoms with Crippen LogP contribution in [0, 0.1) is 0 Å². The largest absolute Gasteiger partial charge is 0.395 e. The predicted octanol–water partition coefficient (Wildman–Crippen LogP) is 0.942. The molecule has 112 valence electrons. The molecule has 0 bridgehead atoms. The summed E-state index contributed by atoms with van der Waals surface area (Å²) in [6, 6.07) is 0. The van der Waals surface area contributed by atoms with Crippen LogP contribution in [-0.2, 0) is 13.5 Å². The lowest BCUT2D eigenvalue weighted by molar-refractivity contribution is 0.0437. The number of hydrogen-bond acceptors (Lipinski definition) is 4. The normalized spacial score (nSPS) is 23.7. The van der Waals surface area contributed by atoms with Gasteiger partial charge >= 0.3 is 0 Å². The van der Waals surface area contributed by atoms with Crippen molar-refractivity contribution in [1.82, 2.24) is 14.7 Å². The van der Waals surface area contributed by atoms with Gasteiger partial charge in [-0.05, 0) is 32.6 Å². The van der Waals surface area contributed by atoms with Gasteiger partial charge in [-0.1, -0.05) is 6.92 Å². The summed E-state index contributed by atoms with van der Waals surface area (Å²) in [5.41, 5.74) is 7.06. The molecule has 2 heterocycles. The molecular weight excluding hydrogens is 256 g/mol. The highest BCUT2D eigenvalue weighted by Crippen LogP contribution is 2.24. The van der Waals surface area contributed by atoms with Gasteiger partial charge in [0.1, 0.15) is 5.69 Å². The van der Waals surface area contributed by atoms with E-state index in [1.165, 1.54) is 0 Å². The summed E-state index contributed by atoms with van der Waals surface area (Å²) in [6.07, 6.45) is 2.83. The molecule has 1 aliphatic heterocycles. The second kappa shape index (κ2) is 5.44. The van der Waals surface area contributed by atoms with E-state index in [2.05, 4.69) is 5.10 Å². The first-order valence-corrected chi connectivity index (χ1v) is 7.18. The number of nitrogens with zero attached hydrogens (tertiary/aromatic N) is 3. The molecule has 6 heteroatoms. The fourth-order valence-electron chi connectivity index (χ4n) is 2.73. The van der Waals surface area contributed by atoms with Crippen molar-refractivity contribution in [1.29, 1.82) is 0 Å². The summed E-state index contributed by atoms with van der Waals surface area (Å²) in [7, 11) is 1.75. The molecule has 1 saturated heterocycles. The number of hydrogen-bond donors (Lipinski definition) is 2. The van der Waals surface area contributed by atoms with E-state index in [-0.39, 0.29) is 5.91 Å². The molecule has 3 N–H and O–H groups in total. The lowest BCUT2D eigenvalue weighted by Gasteiger charge is -2.22. The molecule has 0 aliphatic carbocycles. The number of likely N-dealkylation sites (tertiary alicyclic amines) is 1. The molecule has 0 radical (unpaired) electrons. The lowest BCUT2D eigenvalue weighted by atomic mass is 9.98. The second-order valence-electron chi connectivity index (χ2n) is 5.83. The molecule has 0 saturated carbocycles. The van der Waals surface area contributed by atoms with Gasteiger partial charge in [0.05, 0.1) is 17.0 Å². The van der Waals surface area contributed by atoms with Crippen molar-refractivity contribution in [3.8, 4) is 0 Å². The molecule has 1 aliphatic rings. The van der Waals surface area contributed by atoms with Crippen molar-refractivity contribution in [3.05, 3.63) is 11.4 Å². The molecule has 1 aromatic rings. The topological polar surface area (TPSA) is 84.4 Å². The van der Waals surface area contributed by atoms with Gasteiger partial charge in [0.15, 0.2) is 0 Å². The highest BCUT2D eigenvalue weighted by Gasteiger charge is 2.30. The Kier molecular flexibility index (Phi) is 4.04. The number of carbonyl (C=O) groups excluding carboxylic acids is 1. The third-order valence-corrected chi connectivity index (χ3v) is 4.05. The number of rotatable bonds is 2. The van der Waals surface area contributed by atoms with E-state index < -0.39 is 5.60 Å². The molecule has 2 rings (SSSR count). The minimum Gasteiger partial charge on any atom is -0.395 e. The maximum atomic E-state index is 12.6. The number of aliphatic hydroxyl groups is 1. The van der Waals surface area contributed by atoms with Crippen LogP contribution >= 0.6 is 0 Å². The molecule has 20 heavy (non-hydrogen) atoms. The number of aromatic nitrogens is 2. The van der Waals surface area contributed by atoms with Gasteiger partial charge in [-0.2, -0.15) is 5.10 Å². The van der Waals surface area contributed by atoms with Crippen molar-refractivity contribution in [3.63, 3.8) is 0 Å². The molecule has 6 nitrogen and oxygen atoms in total. The van der Waals surface area contributed by atoms with Crippen molar-refractivity contribution in [2.24, 2.45) is 7.05 Å². The highest BCUT2D eigenvalue weighted by atomic mass is 16.3. The van der Waals surface area contributed by atoms with E-state index in [4.69, 9.17) is 5.73 Å². The van der Waals surface area contributed by atoms with Gasteiger partial charge < -0.3 is 15.7 Å². The smallest absolute Gasteiger partial charge is 0.274 e. The first-order valence-electron chi connectivity index (χ1n) is 7.18. The van der Waals surface area contributed by atoms with Crippen LogP contribution in [0.15, 0.2) is 0 Å². The average Bonchev–Trinajstić information content (AvgIpc) is 2.55. The van der Waals surface area contributed by atoms with Gasteiger partial charge in [0.25, 0.3) is 5.91 Å². The monoisotopic (exact) mass is 280 g/mol. The summed E-state index contributed by atoms with van der Waals surface area (Å²) >= 11 is 0. The quantitative estimate of drug-likeness (QED) is 0.844. The Bertz CT molecular complexity index is 508.